The van der Waals surface area contributed by atoms with E-state index in [4.69, 9.17) is 5.73 Å². The highest BCUT2D eigenvalue weighted by Crippen LogP contribution is 2.34. The Balaban J connectivity index is 1.80. The highest BCUT2D eigenvalue weighted by molar-refractivity contribution is 7.99. The van der Waals surface area contributed by atoms with E-state index in [9.17, 15) is 4.79 Å². The topological polar surface area (TPSA) is 46.3 Å². The number of benzene rings is 2. The van der Waals surface area contributed by atoms with Gasteiger partial charge < -0.3 is 10.6 Å². The fourth-order valence-electron chi connectivity index (χ4n) is 2.32. The number of carbonyl (C=O) groups is 1. The Morgan fingerprint density at radius 3 is 2.90 bits per heavy atom. The van der Waals surface area contributed by atoms with Gasteiger partial charge in [0.1, 0.15) is 0 Å². The number of nitrogens with zero attached hydrogens (tertiary/aromatic N) is 1. The zero-order chi connectivity index (χ0) is 14.7. The average Bonchev–Trinajstić information content (AvgIpc) is 2.52. The van der Waals surface area contributed by atoms with E-state index in [-0.39, 0.29) is 5.91 Å². The molecule has 0 spiro atoms. The van der Waals surface area contributed by atoms with Gasteiger partial charge in [-0.15, -0.1) is 11.8 Å². The summed E-state index contributed by atoms with van der Waals surface area (Å²) in [5.74, 6) is 0.930. The summed E-state index contributed by atoms with van der Waals surface area (Å²) in [6, 6.07) is 15.5. The Morgan fingerprint density at radius 1 is 1.19 bits per heavy atom. The number of fused-ring (bicyclic) bond motifs is 1. The van der Waals surface area contributed by atoms with Crippen LogP contribution in [0.3, 0.4) is 0 Å². The fourth-order valence-corrected chi connectivity index (χ4v) is 3.31. The fraction of sp³-hybridized carbons (Fsp3) is 0.118. The molecule has 0 saturated heterocycles. The third-order valence-corrected chi connectivity index (χ3v) is 4.37. The lowest BCUT2D eigenvalue weighted by molar-refractivity contribution is -0.114. The van der Waals surface area contributed by atoms with Crippen molar-refractivity contribution in [3.05, 3.63) is 60.2 Å². The van der Waals surface area contributed by atoms with Gasteiger partial charge in [-0.2, -0.15) is 0 Å². The van der Waals surface area contributed by atoms with Gasteiger partial charge in [0.25, 0.3) is 5.91 Å². The van der Waals surface area contributed by atoms with E-state index in [0.717, 1.165) is 28.4 Å². The molecule has 0 radical (unpaired) electrons. The van der Waals surface area contributed by atoms with Crippen molar-refractivity contribution in [3.63, 3.8) is 0 Å². The molecule has 21 heavy (non-hydrogen) atoms. The third-order valence-electron chi connectivity index (χ3n) is 3.32. The molecule has 0 unspecified atom stereocenters. The molecule has 1 aliphatic rings. The maximum absolute atomic E-state index is 12.4. The lowest BCUT2D eigenvalue weighted by Crippen LogP contribution is -2.34. The van der Waals surface area contributed by atoms with Gasteiger partial charge in [0.05, 0.1) is 5.69 Å². The van der Waals surface area contributed by atoms with Crippen LogP contribution in [0.1, 0.15) is 5.56 Å². The summed E-state index contributed by atoms with van der Waals surface area (Å²) in [5, 5.41) is 0. The van der Waals surface area contributed by atoms with Crippen molar-refractivity contribution < 1.29 is 4.79 Å². The van der Waals surface area contributed by atoms with Crippen LogP contribution in [0.4, 0.5) is 11.4 Å². The summed E-state index contributed by atoms with van der Waals surface area (Å²) in [6.07, 6.45) is 3.42. The van der Waals surface area contributed by atoms with Crippen LogP contribution in [0.5, 0.6) is 0 Å². The highest BCUT2D eigenvalue weighted by Gasteiger charge is 2.20. The second-order valence-corrected chi connectivity index (χ2v) is 5.95. The molecule has 2 aromatic rings. The average molecular weight is 296 g/mol. The van der Waals surface area contributed by atoms with Crippen LogP contribution < -0.4 is 10.6 Å². The van der Waals surface area contributed by atoms with Crippen LogP contribution in [0.2, 0.25) is 0 Å². The summed E-state index contributed by atoms with van der Waals surface area (Å²) in [4.78, 5) is 15.4. The quantitative estimate of drug-likeness (QED) is 0.682. The molecule has 3 rings (SSSR count). The smallest absolute Gasteiger partial charge is 0.251 e. The van der Waals surface area contributed by atoms with Crippen molar-refractivity contribution in [3.8, 4) is 0 Å². The largest absolute Gasteiger partial charge is 0.399 e. The molecule has 0 aliphatic carbocycles. The molecule has 2 N–H and O–H groups in total. The molecule has 106 valence electrons. The van der Waals surface area contributed by atoms with Gasteiger partial charge in [0, 0.05) is 29.0 Å². The Bertz CT molecular complexity index is 697. The first-order valence-electron chi connectivity index (χ1n) is 6.81. The Hall–Kier alpha value is -2.20. The number of nitrogen functional groups attached to an aromatic ring is 1. The van der Waals surface area contributed by atoms with E-state index in [1.54, 1.807) is 17.8 Å². The number of thioether (sulfide) groups is 1. The van der Waals surface area contributed by atoms with Crippen LogP contribution in [0.15, 0.2) is 59.5 Å². The second kappa shape index (κ2) is 6.06. The van der Waals surface area contributed by atoms with Gasteiger partial charge in [-0.05, 0) is 35.9 Å². The van der Waals surface area contributed by atoms with Crippen LogP contribution in [0.25, 0.3) is 6.08 Å². The predicted octanol–water partition coefficient (Wildman–Crippen LogP) is 3.42. The first-order chi connectivity index (χ1) is 10.2. The van der Waals surface area contributed by atoms with E-state index in [1.807, 2.05) is 53.4 Å². The van der Waals surface area contributed by atoms with Gasteiger partial charge in [-0.3, -0.25) is 4.79 Å². The number of hydrogen-bond acceptors (Lipinski definition) is 3. The SMILES string of the molecule is Nc1cccc(/C=C/C(=O)N2CCSc3ccccc32)c1. The van der Waals surface area contributed by atoms with Crippen molar-refractivity contribution in [2.75, 3.05) is 22.9 Å². The molecule has 0 saturated carbocycles. The van der Waals surface area contributed by atoms with Crippen molar-refractivity contribution in [1.29, 1.82) is 0 Å². The zero-order valence-corrected chi connectivity index (χ0v) is 12.3. The molecular formula is C17H16N2OS. The number of anilines is 2. The second-order valence-electron chi connectivity index (χ2n) is 4.81. The lowest BCUT2D eigenvalue weighted by Gasteiger charge is -2.27. The van der Waals surface area contributed by atoms with Gasteiger partial charge in [-0.25, -0.2) is 0 Å². The molecule has 0 fully saturated rings. The van der Waals surface area contributed by atoms with E-state index >= 15 is 0 Å². The van der Waals surface area contributed by atoms with E-state index < -0.39 is 0 Å². The van der Waals surface area contributed by atoms with Crippen molar-refractivity contribution in [2.24, 2.45) is 0 Å². The molecule has 1 heterocycles. The molecule has 0 atom stereocenters. The number of para-hydroxylation sites is 1. The summed E-state index contributed by atoms with van der Waals surface area (Å²) in [5.41, 5.74) is 8.37. The summed E-state index contributed by atoms with van der Waals surface area (Å²) < 4.78 is 0. The lowest BCUT2D eigenvalue weighted by atomic mass is 10.2. The van der Waals surface area contributed by atoms with E-state index in [1.165, 1.54) is 0 Å². The van der Waals surface area contributed by atoms with E-state index in [2.05, 4.69) is 6.07 Å². The standard InChI is InChI=1S/C17H16N2OS/c18-14-5-3-4-13(12-14)8-9-17(20)19-10-11-21-16-7-2-1-6-15(16)19/h1-9,12H,10-11,18H2/b9-8+. The van der Waals surface area contributed by atoms with Crippen LogP contribution in [0, 0.1) is 0 Å². The Kier molecular flexibility index (Phi) is 3.97. The number of rotatable bonds is 2. The summed E-state index contributed by atoms with van der Waals surface area (Å²) >= 11 is 1.79. The molecule has 0 aromatic heterocycles. The molecular weight excluding hydrogens is 280 g/mol. The minimum absolute atomic E-state index is 0.00479. The van der Waals surface area contributed by atoms with Crippen LogP contribution in [-0.2, 0) is 4.79 Å². The zero-order valence-electron chi connectivity index (χ0n) is 11.5. The van der Waals surface area contributed by atoms with Gasteiger partial charge in [-0.1, -0.05) is 24.3 Å². The van der Waals surface area contributed by atoms with Gasteiger partial charge in [0.2, 0.25) is 0 Å². The molecule has 2 aromatic carbocycles. The van der Waals surface area contributed by atoms with E-state index in [0.29, 0.717) is 5.69 Å². The van der Waals surface area contributed by atoms with Crippen LogP contribution >= 0.6 is 11.8 Å². The molecule has 1 amide bonds. The Morgan fingerprint density at radius 2 is 2.05 bits per heavy atom. The Labute approximate surface area is 128 Å². The van der Waals surface area contributed by atoms with Crippen molar-refractivity contribution >= 4 is 35.1 Å². The van der Waals surface area contributed by atoms with Gasteiger partial charge >= 0.3 is 0 Å². The molecule has 0 bridgehead atoms. The number of amides is 1. The van der Waals surface area contributed by atoms with Crippen molar-refractivity contribution in [2.45, 2.75) is 4.90 Å². The predicted molar refractivity (Wildman–Crippen MR) is 89.4 cm³/mol. The minimum atomic E-state index is 0.00479. The molecule has 3 nitrogen and oxygen atoms in total. The maximum atomic E-state index is 12.4. The summed E-state index contributed by atoms with van der Waals surface area (Å²) in [7, 11) is 0. The molecule has 4 heteroatoms. The first-order valence-corrected chi connectivity index (χ1v) is 7.79. The first kappa shape index (κ1) is 13.8. The summed E-state index contributed by atoms with van der Waals surface area (Å²) in [6.45, 7) is 0.738. The molecule has 1 aliphatic heterocycles. The van der Waals surface area contributed by atoms with Crippen LogP contribution in [-0.4, -0.2) is 18.2 Å². The number of nitrogens with two attached hydrogens (primary N) is 1. The number of carbonyl (C=O) groups excluding carboxylic acids is 1. The normalized spacial score (nSPS) is 14.2. The monoisotopic (exact) mass is 296 g/mol. The number of hydrogen-bond donors (Lipinski definition) is 1. The highest BCUT2D eigenvalue weighted by atomic mass is 32.2. The maximum Gasteiger partial charge on any atom is 0.251 e. The third kappa shape index (κ3) is 3.11. The van der Waals surface area contributed by atoms with Gasteiger partial charge in [0.15, 0.2) is 0 Å². The minimum Gasteiger partial charge on any atom is -0.399 e. The van der Waals surface area contributed by atoms with Crippen molar-refractivity contribution in [1.82, 2.24) is 0 Å².